The third-order valence-electron chi connectivity index (χ3n) is 3.24. The minimum absolute atomic E-state index is 0.0456. The van der Waals surface area contributed by atoms with Gasteiger partial charge in [0, 0.05) is 13.1 Å². The maximum Gasteiger partial charge on any atom is 0.410 e. The van der Waals surface area contributed by atoms with Crippen molar-refractivity contribution in [3.63, 3.8) is 0 Å². The summed E-state index contributed by atoms with van der Waals surface area (Å²) < 4.78 is 32.8. The van der Waals surface area contributed by atoms with Gasteiger partial charge in [-0.3, -0.25) is 4.18 Å². The summed E-state index contributed by atoms with van der Waals surface area (Å²) in [6.07, 6.45) is 0.418. The zero-order chi connectivity index (χ0) is 17.9. The lowest BCUT2D eigenvalue weighted by molar-refractivity contribution is 0.0263. The summed E-state index contributed by atoms with van der Waals surface area (Å²) in [5, 5.41) is 3.89. The second-order valence-corrected chi connectivity index (χ2v) is 8.15. The second-order valence-electron chi connectivity index (χ2n) is 6.51. The van der Waals surface area contributed by atoms with Gasteiger partial charge >= 0.3 is 6.09 Å². The lowest BCUT2D eigenvalue weighted by atomic mass is 9.86. The first kappa shape index (κ1) is 19.7. The highest BCUT2D eigenvalue weighted by Gasteiger charge is 2.47. The van der Waals surface area contributed by atoms with Crippen LogP contribution in [0, 0.1) is 5.41 Å². The summed E-state index contributed by atoms with van der Waals surface area (Å²) in [4.78, 5) is 18.4. The number of oxime groups is 1. The van der Waals surface area contributed by atoms with E-state index in [0.29, 0.717) is 5.71 Å². The van der Waals surface area contributed by atoms with Gasteiger partial charge in [-0.15, -0.1) is 0 Å². The first-order valence-electron chi connectivity index (χ1n) is 7.05. The van der Waals surface area contributed by atoms with Gasteiger partial charge in [-0.25, -0.2) is 4.79 Å². The molecule has 10 heteroatoms. The van der Waals surface area contributed by atoms with Crippen LogP contribution < -0.4 is 5.73 Å². The predicted octanol–water partition coefficient (Wildman–Crippen LogP) is 0.161. The number of nitrogens with zero attached hydrogens (tertiary/aromatic N) is 2. The minimum Gasteiger partial charge on any atom is -0.444 e. The van der Waals surface area contributed by atoms with E-state index in [1.165, 1.54) is 12.0 Å². The maximum absolute atomic E-state index is 12.2. The van der Waals surface area contributed by atoms with E-state index >= 15 is 0 Å². The zero-order valence-electron chi connectivity index (χ0n) is 14.2. The SMILES string of the molecule is CO/N=C1\CN(C(=O)OC(C)(C)C)CC1(CN)COS(C)(=O)=O. The van der Waals surface area contributed by atoms with Crippen molar-refractivity contribution in [3.8, 4) is 0 Å². The Morgan fingerprint density at radius 3 is 2.48 bits per heavy atom. The Morgan fingerprint density at radius 2 is 2.04 bits per heavy atom. The molecule has 0 radical (unpaired) electrons. The number of amides is 1. The monoisotopic (exact) mass is 351 g/mol. The van der Waals surface area contributed by atoms with E-state index in [4.69, 9.17) is 19.5 Å². The van der Waals surface area contributed by atoms with E-state index in [2.05, 4.69) is 5.16 Å². The van der Waals surface area contributed by atoms with Crippen molar-refractivity contribution >= 4 is 21.9 Å². The molecule has 1 aliphatic heterocycles. The smallest absolute Gasteiger partial charge is 0.410 e. The fourth-order valence-electron chi connectivity index (χ4n) is 2.14. The average molecular weight is 351 g/mol. The molecule has 0 saturated carbocycles. The molecule has 1 rings (SSSR count). The molecule has 1 fully saturated rings. The number of hydrogen-bond donors (Lipinski definition) is 1. The van der Waals surface area contributed by atoms with Crippen LogP contribution in [0.5, 0.6) is 0 Å². The number of rotatable bonds is 5. The third kappa shape index (κ3) is 5.63. The van der Waals surface area contributed by atoms with Crippen LogP contribution >= 0.6 is 0 Å². The van der Waals surface area contributed by atoms with Crippen LogP contribution in [-0.4, -0.2) is 70.3 Å². The molecule has 0 bridgehead atoms. The van der Waals surface area contributed by atoms with Crippen LogP contribution in [0.15, 0.2) is 5.16 Å². The summed E-state index contributed by atoms with van der Waals surface area (Å²) in [5.41, 5.74) is 4.68. The maximum atomic E-state index is 12.2. The Labute approximate surface area is 136 Å². The standard InChI is InChI=1S/C13H25N3O6S/c1-12(2,3)22-11(17)16-6-10(15-20-4)13(7-14,8-16)9-21-23(5,18)19/h6-9,14H2,1-5H3/b15-10+. The van der Waals surface area contributed by atoms with Crippen molar-refractivity contribution in [3.05, 3.63) is 0 Å². The van der Waals surface area contributed by atoms with Gasteiger partial charge in [0.1, 0.15) is 12.7 Å². The zero-order valence-corrected chi connectivity index (χ0v) is 15.0. The molecule has 2 N–H and O–H groups in total. The molecule has 1 unspecified atom stereocenters. The van der Waals surface area contributed by atoms with Gasteiger partial charge in [0.25, 0.3) is 10.1 Å². The average Bonchev–Trinajstić information content (AvgIpc) is 2.74. The molecule has 0 aromatic rings. The van der Waals surface area contributed by atoms with Gasteiger partial charge < -0.3 is 20.2 Å². The van der Waals surface area contributed by atoms with Gasteiger partial charge in [-0.2, -0.15) is 8.42 Å². The van der Waals surface area contributed by atoms with Gasteiger partial charge in [-0.1, -0.05) is 5.16 Å². The summed E-state index contributed by atoms with van der Waals surface area (Å²) in [6, 6.07) is 0. The molecule has 23 heavy (non-hydrogen) atoms. The quantitative estimate of drug-likeness (QED) is 0.553. The molecule has 0 aromatic heterocycles. The van der Waals surface area contributed by atoms with Crippen LogP contribution in [0.1, 0.15) is 20.8 Å². The molecule has 1 aliphatic rings. The van der Waals surface area contributed by atoms with Crippen molar-refractivity contribution in [2.45, 2.75) is 26.4 Å². The van der Waals surface area contributed by atoms with Crippen molar-refractivity contribution in [2.75, 3.05) is 39.6 Å². The van der Waals surface area contributed by atoms with Crippen LogP contribution in [-0.2, 0) is 23.9 Å². The number of carbonyl (C=O) groups excluding carboxylic acids is 1. The first-order chi connectivity index (χ1) is 10.4. The summed E-state index contributed by atoms with van der Waals surface area (Å²) in [5.74, 6) is 0. The Kier molecular flexibility index (Phi) is 6.00. The first-order valence-corrected chi connectivity index (χ1v) is 8.87. The van der Waals surface area contributed by atoms with Crippen molar-refractivity contribution in [2.24, 2.45) is 16.3 Å². The minimum atomic E-state index is -3.65. The topological polar surface area (TPSA) is 121 Å². The van der Waals surface area contributed by atoms with E-state index in [1.54, 1.807) is 20.8 Å². The summed E-state index contributed by atoms with van der Waals surface area (Å²) in [6.45, 7) is 5.37. The fourth-order valence-corrected chi connectivity index (χ4v) is 2.58. The third-order valence-corrected chi connectivity index (χ3v) is 3.79. The van der Waals surface area contributed by atoms with Crippen molar-refractivity contribution in [1.82, 2.24) is 4.90 Å². The van der Waals surface area contributed by atoms with E-state index in [9.17, 15) is 13.2 Å². The molecule has 0 aliphatic carbocycles. The highest BCUT2D eigenvalue weighted by molar-refractivity contribution is 7.85. The van der Waals surface area contributed by atoms with E-state index in [-0.39, 0.29) is 26.2 Å². The molecule has 1 saturated heterocycles. The molecular weight excluding hydrogens is 326 g/mol. The van der Waals surface area contributed by atoms with Crippen LogP contribution in [0.25, 0.3) is 0 Å². The molecule has 1 atom stereocenters. The highest BCUT2D eigenvalue weighted by Crippen LogP contribution is 2.30. The lowest BCUT2D eigenvalue weighted by Crippen LogP contribution is -2.44. The number of likely N-dealkylation sites (tertiary alicyclic amines) is 1. The Hall–Kier alpha value is -1.39. The van der Waals surface area contributed by atoms with Gasteiger partial charge in [0.15, 0.2) is 0 Å². The normalized spacial score (nSPS) is 24.1. The number of carbonyl (C=O) groups is 1. The largest absolute Gasteiger partial charge is 0.444 e. The number of ether oxygens (including phenoxy) is 1. The van der Waals surface area contributed by atoms with E-state index < -0.39 is 27.2 Å². The molecule has 9 nitrogen and oxygen atoms in total. The van der Waals surface area contributed by atoms with Crippen molar-refractivity contribution < 1.29 is 27.0 Å². The lowest BCUT2D eigenvalue weighted by Gasteiger charge is -2.28. The van der Waals surface area contributed by atoms with Crippen LogP contribution in [0.3, 0.4) is 0 Å². The molecular formula is C13H25N3O6S. The van der Waals surface area contributed by atoms with E-state index in [0.717, 1.165) is 6.26 Å². The number of nitrogens with two attached hydrogens (primary N) is 1. The van der Waals surface area contributed by atoms with Gasteiger partial charge in [-0.05, 0) is 20.8 Å². The van der Waals surface area contributed by atoms with Crippen LogP contribution in [0.2, 0.25) is 0 Å². The highest BCUT2D eigenvalue weighted by atomic mass is 32.2. The van der Waals surface area contributed by atoms with Crippen molar-refractivity contribution in [1.29, 1.82) is 0 Å². The summed E-state index contributed by atoms with van der Waals surface area (Å²) >= 11 is 0. The predicted molar refractivity (Wildman–Crippen MR) is 84.5 cm³/mol. The van der Waals surface area contributed by atoms with Crippen LogP contribution in [0.4, 0.5) is 4.79 Å². The fraction of sp³-hybridized carbons (Fsp3) is 0.846. The Balaban J connectivity index is 3.00. The summed E-state index contributed by atoms with van der Waals surface area (Å²) in [7, 11) is -2.29. The Bertz CT molecular complexity index is 569. The van der Waals surface area contributed by atoms with E-state index in [1.807, 2.05) is 0 Å². The second kappa shape index (κ2) is 7.02. The molecule has 134 valence electrons. The number of hydrogen-bond acceptors (Lipinski definition) is 8. The molecule has 1 amide bonds. The Morgan fingerprint density at radius 1 is 1.43 bits per heavy atom. The molecule has 0 aromatic carbocycles. The van der Waals surface area contributed by atoms with Gasteiger partial charge in [0.2, 0.25) is 0 Å². The van der Waals surface area contributed by atoms with Gasteiger partial charge in [0.05, 0.1) is 30.5 Å². The molecule has 0 spiro atoms. The molecule has 1 heterocycles.